The minimum Gasteiger partial charge on any atom is -0.481 e. The maximum atomic E-state index is 11.5. The van der Waals surface area contributed by atoms with Crippen LogP contribution in [0, 0.1) is 17.3 Å². The maximum Gasteiger partial charge on any atom is 0.310 e. The van der Waals surface area contributed by atoms with Crippen LogP contribution in [-0.2, 0) is 4.79 Å². The summed E-state index contributed by atoms with van der Waals surface area (Å²) in [5.74, 6) is -0.216. The van der Waals surface area contributed by atoms with Gasteiger partial charge in [0.1, 0.15) is 0 Å². The van der Waals surface area contributed by atoms with E-state index in [0.717, 1.165) is 19.3 Å². The normalized spacial score (nSPS) is 34.4. The van der Waals surface area contributed by atoms with Crippen LogP contribution < -0.4 is 0 Å². The lowest BCUT2D eigenvalue weighted by Crippen LogP contribution is -2.44. The summed E-state index contributed by atoms with van der Waals surface area (Å²) in [6.45, 7) is 5.73. The molecule has 3 heteroatoms. The van der Waals surface area contributed by atoms with Crippen LogP contribution in [-0.4, -0.2) is 22.3 Å². The second kappa shape index (κ2) is 5.17. The van der Waals surface area contributed by atoms with Crippen LogP contribution in [0.5, 0.6) is 0 Å². The van der Waals surface area contributed by atoms with Crippen molar-refractivity contribution in [1.29, 1.82) is 0 Å². The summed E-state index contributed by atoms with van der Waals surface area (Å²) in [4.78, 5) is 11.5. The molecule has 2 unspecified atom stereocenters. The number of aliphatic hydroxyl groups excluding tert-OH is 1. The molecule has 1 rings (SSSR count). The summed E-state index contributed by atoms with van der Waals surface area (Å²) in [6.07, 6.45) is 3.99. The minimum absolute atomic E-state index is 0.164. The van der Waals surface area contributed by atoms with E-state index in [2.05, 4.69) is 6.92 Å². The van der Waals surface area contributed by atoms with Gasteiger partial charge in [0.05, 0.1) is 11.5 Å². The van der Waals surface area contributed by atoms with E-state index in [4.69, 9.17) is 0 Å². The molecule has 1 saturated carbocycles. The molecule has 0 spiro atoms. The summed E-state index contributed by atoms with van der Waals surface area (Å²) in [5, 5.41) is 19.1. The monoisotopic (exact) mass is 228 g/mol. The van der Waals surface area contributed by atoms with Crippen LogP contribution in [0.1, 0.15) is 52.9 Å². The van der Waals surface area contributed by atoms with Gasteiger partial charge in [-0.1, -0.05) is 20.3 Å². The molecule has 1 aliphatic rings. The summed E-state index contributed by atoms with van der Waals surface area (Å²) >= 11 is 0. The first kappa shape index (κ1) is 13.5. The fourth-order valence-electron chi connectivity index (χ4n) is 2.93. The summed E-state index contributed by atoms with van der Waals surface area (Å²) < 4.78 is 0. The average Bonchev–Trinajstić information content (AvgIpc) is 2.27. The van der Waals surface area contributed by atoms with E-state index < -0.39 is 17.5 Å². The summed E-state index contributed by atoms with van der Waals surface area (Å²) in [5.41, 5.74) is -0.695. The Morgan fingerprint density at radius 2 is 1.88 bits per heavy atom. The largest absolute Gasteiger partial charge is 0.481 e. The van der Waals surface area contributed by atoms with Crippen LogP contribution in [0.3, 0.4) is 0 Å². The first-order valence-electron chi connectivity index (χ1n) is 6.35. The van der Waals surface area contributed by atoms with Crippen molar-refractivity contribution in [2.24, 2.45) is 17.3 Å². The van der Waals surface area contributed by atoms with Crippen molar-refractivity contribution in [3.8, 4) is 0 Å². The predicted molar refractivity (Wildman–Crippen MR) is 63.2 cm³/mol. The van der Waals surface area contributed by atoms with Crippen LogP contribution in [0.25, 0.3) is 0 Å². The van der Waals surface area contributed by atoms with Crippen molar-refractivity contribution in [2.75, 3.05) is 0 Å². The van der Waals surface area contributed by atoms with Crippen molar-refractivity contribution in [3.05, 3.63) is 0 Å². The standard InChI is InChI=1S/C13H24O3/c1-4-11-5-7-13(8-6-11,12(15)16)9(2)10(3)14/h9-11,14H,4-8H2,1-3H3,(H,15,16). The van der Waals surface area contributed by atoms with Gasteiger partial charge in [-0.2, -0.15) is 0 Å². The average molecular weight is 228 g/mol. The Morgan fingerprint density at radius 1 is 1.38 bits per heavy atom. The summed E-state index contributed by atoms with van der Waals surface area (Å²) in [7, 11) is 0. The van der Waals surface area contributed by atoms with Crippen LogP contribution in [0.2, 0.25) is 0 Å². The zero-order chi connectivity index (χ0) is 12.3. The molecule has 0 aromatic heterocycles. The topological polar surface area (TPSA) is 57.5 Å². The number of carboxylic acid groups (broad SMARTS) is 1. The molecule has 0 bridgehead atoms. The quantitative estimate of drug-likeness (QED) is 0.777. The van der Waals surface area contributed by atoms with Crippen LogP contribution >= 0.6 is 0 Å². The smallest absolute Gasteiger partial charge is 0.310 e. The fourth-order valence-corrected chi connectivity index (χ4v) is 2.93. The highest BCUT2D eigenvalue weighted by atomic mass is 16.4. The molecule has 16 heavy (non-hydrogen) atoms. The Morgan fingerprint density at radius 3 is 2.19 bits per heavy atom. The Balaban J connectivity index is 2.80. The Bertz CT molecular complexity index is 240. The van der Waals surface area contributed by atoms with E-state index in [0.29, 0.717) is 18.8 Å². The van der Waals surface area contributed by atoms with Gasteiger partial charge in [-0.25, -0.2) is 0 Å². The number of rotatable bonds is 4. The molecule has 1 fully saturated rings. The lowest BCUT2D eigenvalue weighted by atomic mass is 9.62. The lowest BCUT2D eigenvalue weighted by Gasteiger charge is -2.42. The summed E-state index contributed by atoms with van der Waals surface area (Å²) in [6, 6.07) is 0. The third-order valence-electron chi connectivity index (χ3n) is 4.60. The fraction of sp³-hybridized carbons (Fsp3) is 0.923. The number of aliphatic carboxylic acids is 1. The highest BCUT2D eigenvalue weighted by Crippen LogP contribution is 2.46. The van der Waals surface area contributed by atoms with Gasteiger partial charge < -0.3 is 10.2 Å². The van der Waals surface area contributed by atoms with Crippen molar-refractivity contribution in [2.45, 2.75) is 59.0 Å². The zero-order valence-electron chi connectivity index (χ0n) is 10.6. The molecule has 2 atom stereocenters. The van der Waals surface area contributed by atoms with Crippen molar-refractivity contribution < 1.29 is 15.0 Å². The molecule has 0 radical (unpaired) electrons. The minimum atomic E-state index is -0.726. The molecular formula is C13H24O3. The number of hydrogen-bond donors (Lipinski definition) is 2. The van der Waals surface area contributed by atoms with E-state index in [9.17, 15) is 15.0 Å². The third kappa shape index (κ3) is 2.40. The maximum absolute atomic E-state index is 11.5. The second-order valence-electron chi connectivity index (χ2n) is 5.34. The molecular weight excluding hydrogens is 204 g/mol. The van der Waals surface area contributed by atoms with E-state index in [1.807, 2.05) is 6.92 Å². The predicted octanol–water partition coefficient (Wildman–Crippen LogP) is 2.67. The Kier molecular flexibility index (Phi) is 4.36. The van der Waals surface area contributed by atoms with Gasteiger partial charge in [0, 0.05) is 0 Å². The second-order valence-corrected chi connectivity index (χ2v) is 5.34. The molecule has 0 aromatic carbocycles. The van der Waals surface area contributed by atoms with Crippen LogP contribution in [0.15, 0.2) is 0 Å². The molecule has 2 N–H and O–H groups in total. The number of carbonyl (C=O) groups is 1. The number of carboxylic acids is 1. The van der Waals surface area contributed by atoms with Crippen LogP contribution in [0.4, 0.5) is 0 Å². The van der Waals surface area contributed by atoms with E-state index >= 15 is 0 Å². The molecule has 1 aliphatic carbocycles. The van der Waals surface area contributed by atoms with E-state index in [1.165, 1.54) is 0 Å². The van der Waals surface area contributed by atoms with Crippen molar-refractivity contribution >= 4 is 5.97 Å². The first-order chi connectivity index (χ1) is 7.44. The van der Waals surface area contributed by atoms with E-state index in [1.54, 1.807) is 6.92 Å². The molecule has 94 valence electrons. The van der Waals surface area contributed by atoms with E-state index in [-0.39, 0.29) is 5.92 Å². The molecule has 3 nitrogen and oxygen atoms in total. The van der Waals surface area contributed by atoms with Gasteiger partial charge in [0.25, 0.3) is 0 Å². The van der Waals surface area contributed by atoms with Crippen molar-refractivity contribution in [3.63, 3.8) is 0 Å². The van der Waals surface area contributed by atoms with Gasteiger partial charge in [-0.3, -0.25) is 4.79 Å². The van der Waals surface area contributed by atoms with Gasteiger partial charge >= 0.3 is 5.97 Å². The molecule has 0 aromatic rings. The highest BCUT2D eigenvalue weighted by molar-refractivity contribution is 5.75. The molecule has 0 amide bonds. The number of aliphatic hydroxyl groups is 1. The molecule has 0 aliphatic heterocycles. The zero-order valence-corrected chi connectivity index (χ0v) is 10.6. The highest BCUT2D eigenvalue weighted by Gasteiger charge is 2.47. The Hall–Kier alpha value is -0.570. The van der Waals surface area contributed by atoms with Crippen molar-refractivity contribution in [1.82, 2.24) is 0 Å². The molecule has 0 heterocycles. The van der Waals surface area contributed by atoms with Gasteiger partial charge in [-0.15, -0.1) is 0 Å². The first-order valence-corrected chi connectivity index (χ1v) is 6.35. The Labute approximate surface area is 97.9 Å². The number of hydrogen-bond acceptors (Lipinski definition) is 2. The lowest BCUT2D eigenvalue weighted by molar-refractivity contribution is -0.159. The SMILES string of the molecule is CCC1CCC(C(=O)O)(C(C)C(C)O)CC1. The van der Waals surface area contributed by atoms with Gasteiger partial charge in [0.2, 0.25) is 0 Å². The third-order valence-corrected chi connectivity index (χ3v) is 4.60. The molecule has 0 saturated heterocycles. The van der Waals surface area contributed by atoms with Gasteiger partial charge in [-0.05, 0) is 44.4 Å². The van der Waals surface area contributed by atoms with Gasteiger partial charge in [0.15, 0.2) is 0 Å².